The van der Waals surface area contributed by atoms with Crippen LogP contribution in [0.4, 0.5) is 0 Å². The zero-order valence-corrected chi connectivity index (χ0v) is 18.5. The first kappa shape index (κ1) is 22.5. The summed E-state index contributed by atoms with van der Waals surface area (Å²) < 4.78 is 17.2. The highest BCUT2D eigenvalue weighted by Gasteiger charge is 2.16. The monoisotopic (exact) mass is 459 g/mol. The van der Waals surface area contributed by atoms with E-state index in [1.165, 1.54) is 25.1 Å². The molecule has 34 heavy (non-hydrogen) atoms. The molecule has 4 rings (SSSR count). The molecule has 0 spiro atoms. The molecule has 0 saturated heterocycles. The molecule has 0 unspecified atom stereocenters. The van der Waals surface area contributed by atoms with E-state index < -0.39 is 12.6 Å². The van der Waals surface area contributed by atoms with Gasteiger partial charge >= 0.3 is 5.97 Å². The van der Waals surface area contributed by atoms with Crippen molar-refractivity contribution >= 4 is 23.1 Å². The Morgan fingerprint density at radius 3 is 2.32 bits per heavy atom. The number of carboxylic acid groups (broad SMARTS) is 1. The van der Waals surface area contributed by atoms with Crippen molar-refractivity contribution in [2.75, 3.05) is 20.8 Å². The Morgan fingerprint density at radius 2 is 1.68 bits per heavy atom. The van der Waals surface area contributed by atoms with Gasteiger partial charge in [-0.3, -0.25) is 4.79 Å². The third-order valence-corrected chi connectivity index (χ3v) is 4.93. The van der Waals surface area contributed by atoms with Crippen molar-refractivity contribution in [3.63, 3.8) is 0 Å². The molecular weight excluding hydrogens is 438 g/mol. The highest BCUT2D eigenvalue weighted by molar-refractivity contribution is 5.84. The lowest BCUT2D eigenvalue weighted by Crippen LogP contribution is -2.20. The van der Waals surface area contributed by atoms with Crippen LogP contribution < -0.4 is 19.8 Å². The van der Waals surface area contributed by atoms with Gasteiger partial charge in [-0.25, -0.2) is 9.78 Å². The average Bonchev–Trinajstić information content (AvgIpc) is 2.87. The van der Waals surface area contributed by atoms with Crippen LogP contribution in [0, 0.1) is 0 Å². The number of hydrogen-bond acceptors (Lipinski definition) is 7. The summed E-state index contributed by atoms with van der Waals surface area (Å²) in [6.45, 7) is -0.557. The topological polar surface area (TPSA) is 112 Å². The van der Waals surface area contributed by atoms with E-state index in [0.717, 1.165) is 5.56 Å². The summed E-state index contributed by atoms with van der Waals surface area (Å²) in [6, 6.07) is 19.6. The number of carbonyl (C=O) groups is 1. The largest absolute Gasteiger partial charge is 0.493 e. The summed E-state index contributed by atoms with van der Waals surface area (Å²) in [5.74, 6) is -0.0741. The van der Waals surface area contributed by atoms with Gasteiger partial charge in [-0.05, 0) is 24.3 Å². The van der Waals surface area contributed by atoms with Crippen molar-refractivity contribution in [1.82, 2.24) is 9.66 Å². The van der Waals surface area contributed by atoms with Crippen molar-refractivity contribution in [3.05, 3.63) is 82.6 Å². The summed E-state index contributed by atoms with van der Waals surface area (Å²) in [5.41, 5.74) is 1.52. The standard InChI is InChI=1S/C25H21N3O6/c1-32-20-12-16(13-21(33-2)23(20)34-15-22(29)30)14-26-28-24(17-8-4-3-5-9-17)27-19-11-7-6-10-18(19)25(28)31/h3-14H,15H2,1-2H3,(H,29,30). The molecule has 0 aliphatic carbocycles. The molecule has 0 atom stereocenters. The van der Waals surface area contributed by atoms with Crippen molar-refractivity contribution in [1.29, 1.82) is 0 Å². The number of para-hydroxylation sites is 1. The van der Waals surface area contributed by atoms with Crippen molar-refractivity contribution in [2.24, 2.45) is 5.10 Å². The predicted molar refractivity (Wildman–Crippen MR) is 127 cm³/mol. The molecule has 172 valence electrons. The second kappa shape index (κ2) is 9.86. The number of hydrogen-bond donors (Lipinski definition) is 1. The van der Waals surface area contributed by atoms with Gasteiger partial charge in [0.1, 0.15) is 0 Å². The predicted octanol–water partition coefficient (Wildman–Crippen LogP) is 3.43. The normalized spacial score (nSPS) is 11.0. The smallest absolute Gasteiger partial charge is 0.341 e. The van der Waals surface area contributed by atoms with E-state index in [-0.39, 0.29) is 22.8 Å². The average molecular weight is 459 g/mol. The molecular formula is C25H21N3O6. The number of carboxylic acids is 1. The van der Waals surface area contributed by atoms with Crippen LogP contribution in [0.15, 0.2) is 76.6 Å². The summed E-state index contributed by atoms with van der Waals surface area (Å²) in [4.78, 5) is 28.8. The maximum absolute atomic E-state index is 13.3. The minimum atomic E-state index is -1.13. The zero-order valence-electron chi connectivity index (χ0n) is 18.5. The quantitative estimate of drug-likeness (QED) is 0.402. The highest BCUT2D eigenvalue weighted by atomic mass is 16.5. The van der Waals surface area contributed by atoms with E-state index in [2.05, 4.69) is 10.1 Å². The van der Waals surface area contributed by atoms with Gasteiger partial charge in [0.25, 0.3) is 5.56 Å². The summed E-state index contributed by atoms with van der Waals surface area (Å²) in [5, 5.41) is 13.8. The zero-order chi connectivity index (χ0) is 24.1. The lowest BCUT2D eigenvalue weighted by molar-refractivity contribution is -0.139. The van der Waals surface area contributed by atoms with Crippen LogP contribution >= 0.6 is 0 Å². The lowest BCUT2D eigenvalue weighted by atomic mass is 10.2. The third-order valence-electron chi connectivity index (χ3n) is 4.93. The van der Waals surface area contributed by atoms with E-state index in [9.17, 15) is 9.59 Å². The first-order valence-corrected chi connectivity index (χ1v) is 10.2. The molecule has 0 radical (unpaired) electrons. The number of aliphatic carboxylic acids is 1. The first-order valence-electron chi connectivity index (χ1n) is 10.2. The van der Waals surface area contributed by atoms with Crippen molar-refractivity contribution in [3.8, 4) is 28.6 Å². The number of rotatable bonds is 8. The first-order chi connectivity index (χ1) is 16.5. The third kappa shape index (κ3) is 4.58. The Balaban J connectivity index is 1.83. The van der Waals surface area contributed by atoms with E-state index in [4.69, 9.17) is 19.3 Å². The van der Waals surface area contributed by atoms with E-state index in [1.807, 2.05) is 36.4 Å². The molecule has 9 nitrogen and oxygen atoms in total. The maximum atomic E-state index is 13.3. The Bertz CT molecular complexity index is 1410. The number of nitrogens with zero attached hydrogens (tertiary/aromatic N) is 3. The van der Waals surface area contributed by atoms with Crippen LogP contribution in [0.1, 0.15) is 5.56 Å². The van der Waals surface area contributed by atoms with Crippen LogP contribution in [0.25, 0.3) is 22.3 Å². The molecule has 9 heteroatoms. The fourth-order valence-corrected chi connectivity index (χ4v) is 3.38. The van der Waals surface area contributed by atoms with Crippen molar-refractivity contribution in [2.45, 2.75) is 0 Å². The van der Waals surface area contributed by atoms with Crippen LogP contribution in [0.5, 0.6) is 17.2 Å². The highest BCUT2D eigenvalue weighted by Crippen LogP contribution is 2.38. The molecule has 0 aliphatic heterocycles. The molecule has 0 aliphatic rings. The number of methoxy groups -OCH3 is 2. The van der Waals surface area contributed by atoms with Gasteiger partial charge in [-0.1, -0.05) is 42.5 Å². The number of benzene rings is 3. The van der Waals surface area contributed by atoms with E-state index >= 15 is 0 Å². The molecule has 0 saturated carbocycles. The maximum Gasteiger partial charge on any atom is 0.341 e. The minimum Gasteiger partial charge on any atom is -0.493 e. The summed E-state index contributed by atoms with van der Waals surface area (Å²) in [7, 11) is 2.85. The van der Waals surface area contributed by atoms with E-state index in [0.29, 0.717) is 22.3 Å². The fourth-order valence-electron chi connectivity index (χ4n) is 3.38. The van der Waals surface area contributed by atoms with Gasteiger partial charge in [-0.2, -0.15) is 9.78 Å². The molecule has 1 aromatic heterocycles. The van der Waals surface area contributed by atoms with Gasteiger partial charge in [0, 0.05) is 11.1 Å². The molecule has 4 aromatic rings. The van der Waals surface area contributed by atoms with Crippen LogP contribution in [-0.2, 0) is 4.79 Å². The van der Waals surface area contributed by atoms with Crippen LogP contribution in [0.3, 0.4) is 0 Å². The van der Waals surface area contributed by atoms with Gasteiger partial charge in [0.2, 0.25) is 5.75 Å². The minimum absolute atomic E-state index is 0.152. The molecule has 1 heterocycles. The SMILES string of the molecule is COc1cc(C=Nn2c(-c3ccccc3)nc3ccccc3c2=O)cc(OC)c1OCC(=O)O. The second-order valence-corrected chi connectivity index (χ2v) is 7.12. The Labute approximate surface area is 194 Å². The molecule has 0 bridgehead atoms. The second-order valence-electron chi connectivity index (χ2n) is 7.12. The van der Waals surface area contributed by atoms with Crippen LogP contribution in [-0.4, -0.2) is 47.8 Å². The number of fused-ring (bicyclic) bond motifs is 1. The van der Waals surface area contributed by atoms with Crippen molar-refractivity contribution < 1.29 is 24.1 Å². The molecule has 0 fully saturated rings. The molecule has 3 aromatic carbocycles. The molecule has 0 amide bonds. The summed E-state index contributed by atoms with van der Waals surface area (Å²) in [6.07, 6.45) is 1.47. The number of ether oxygens (including phenoxy) is 3. The van der Waals surface area contributed by atoms with Gasteiger partial charge in [-0.15, -0.1) is 0 Å². The Kier molecular flexibility index (Phi) is 6.54. The van der Waals surface area contributed by atoms with Crippen LogP contribution in [0.2, 0.25) is 0 Å². The van der Waals surface area contributed by atoms with Gasteiger partial charge < -0.3 is 19.3 Å². The van der Waals surface area contributed by atoms with Gasteiger partial charge in [0.05, 0.1) is 31.3 Å². The van der Waals surface area contributed by atoms with Gasteiger partial charge in [0.15, 0.2) is 23.9 Å². The van der Waals surface area contributed by atoms with E-state index in [1.54, 1.807) is 30.3 Å². The summed E-state index contributed by atoms with van der Waals surface area (Å²) >= 11 is 0. The fraction of sp³-hybridized carbons (Fsp3) is 0.120. The lowest BCUT2D eigenvalue weighted by Gasteiger charge is -2.14. The number of aromatic nitrogens is 2. The Hall–Kier alpha value is -4.66. The molecule has 1 N–H and O–H groups in total. The Morgan fingerprint density at radius 1 is 1.03 bits per heavy atom.